The first-order chi connectivity index (χ1) is 9.72. The number of aliphatic hydroxyl groups excluding tert-OH is 1. The van der Waals surface area contributed by atoms with E-state index in [4.69, 9.17) is 16.0 Å². The van der Waals surface area contributed by atoms with Crippen LogP contribution in [-0.4, -0.2) is 5.11 Å². The van der Waals surface area contributed by atoms with Crippen LogP contribution >= 0.6 is 11.6 Å². The number of rotatable bonds is 3. The molecule has 1 fully saturated rings. The van der Waals surface area contributed by atoms with E-state index in [-0.39, 0.29) is 0 Å². The lowest BCUT2D eigenvalue weighted by Gasteiger charge is -2.16. The molecule has 1 unspecified atom stereocenters. The SMILES string of the molecule is OC(CC1CCCCCC1)c1cc2cc(Cl)ccc2o1. The van der Waals surface area contributed by atoms with E-state index in [9.17, 15) is 5.11 Å². The van der Waals surface area contributed by atoms with Crippen molar-refractivity contribution in [3.63, 3.8) is 0 Å². The zero-order valence-corrected chi connectivity index (χ0v) is 12.4. The molecule has 3 heteroatoms. The van der Waals surface area contributed by atoms with E-state index in [1.807, 2.05) is 24.3 Å². The summed E-state index contributed by atoms with van der Waals surface area (Å²) in [5.41, 5.74) is 0.796. The van der Waals surface area contributed by atoms with Crippen molar-refractivity contribution >= 4 is 22.6 Å². The molecule has 0 saturated heterocycles. The summed E-state index contributed by atoms with van der Waals surface area (Å²) in [6.45, 7) is 0. The van der Waals surface area contributed by atoms with Crippen LogP contribution in [0.5, 0.6) is 0 Å². The lowest BCUT2D eigenvalue weighted by molar-refractivity contribution is 0.117. The number of halogens is 1. The topological polar surface area (TPSA) is 33.4 Å². The Kier molecular flexibility index (Phi) is 4.32. The molecule has 1 heterocycles. The average molecular weight is 293 g/mol. The maximum atomic E-state index is 10.4. The van der Waals surface area contributed by atoms with Crippen molar-refractivity contribution in [2.24, 2.45) is 5.92 Å². The van der Waals surface area contributed by atoms with Crippen LogP contribution in [0.25, 0.3) is 11.0 Å². The highest BCUT2D eigenvalue weighted by Gasteiger charge is 2.20. The first-order valence-corrected chi connectivity index (χ1v) is 7.97. The number of aliphatic hydroxyl groups is 1. The molecule has 1 aliphatic carbocycles. The molecule has 2 nitrogen and oxygen atoms in total. The Bertz CT molecular complexity index is 567. The third-order valence-electron chi connectivity index (χ3n) is 4.36. The first kappa shape index (κ1) is 14.0. The molecule has 2 aromatic rings. The Hall–Kier alpha value is -0.990. The number of benzene rings is 1. The molecule has 1 aromatic carbocycles. The van der Waals surface area contributed by atoms with E-state index in [1.165, 1.54) is 38.5 Å². The molecule has 1 saturated carbocycles. The van der Waals surface area contributed by atoms with Gasteiger partial charge < -0.3 is 9.52 Å². The van der Waals surface area contributed by atoms with Gasteiger partial charge in [0.25, 0.3) is 0 Å². The maximum Gasteiger partial charge on any atom is 0.134 e. The Labute approximate surface area is 124 Å². The van der Waals surface area contributed by atoms with Crippen LogP contribution in [0.3, 0.4) is 0 Å². The van der Waals surface area contributed by atoms with Crippen molar-refractivity contribution < 1.29 is 9.52 Å². The summed E-state index contributed by atoms with van der Waals surface area (Å²) >= 11 is 5.98. The summed E-state index contributed by atoms with van der Waals surface area (Å²) in [6, 6.07) is 7.47. The highest BCUT2D eigenvalue weighted by atomic mass is 35.5. The number of hydrogen-bond donors (Lipinski definition) is 1. The van der Waals surface area contributed by atoms with Gasteiger partial charge in [0.2, 0.25) is 0 Å². The van der Waals surface area contributed by atoms with E-state index in [0.29, 0.717) is 16.7 Å². The van der Waals surface area contributed by atoms with Crippen molar-refractivity contribution in [1.82, 2.24) is 0 Å². The second-order valence-corrected chi connectivity index (χ2v) is 6.38. The monoisotopic (exact) mass is 292 g/mol. The first-order valence-electron chi connectivity index (χ1n) is 7.59. The van der Waals surface area contributed by atoms with Crippen molar-refractivity contribution in [3.8, 4) is 0 Å². The fraction of sp³-hybridized carbons (Fsp3) is 0.529. The Morgan fingerprint density at radius 3 is 2.65 bits per heavy atom. The molecule has 0 spiro atoms. The van der Waals surface area contributed by atoms with Gasteiger partial charge in [0, 0.05) is 10.4 Å². The van der Waals surface area contributed by atoms with Crippen LogP contribution in [0.1, 0.15) is 56.8 Å². The summed E-state index contributed by atoms with van der Waals surface area (Å²) in [5.74, 6) is 1.30. The largest absolute Gasteiger partial charge is 0.458 e. The van der Waals surface area contributed by atoms with Crippen LogP contribution in [-0.2, 0) is 0 Å². The van der Waals surface area contributed by atoms with E-state index >= 15 is 0 Å². The Morgan fingerprint density at radius 2 is 1.90 bits per heavy atom. The second-order valence-electron chi connectivity index (χ2n) is 5.94. The fourth-order valence-corrected chi connectivity index (χ4v) is 3.41. The van der Waals surface area contributed by atoms with E-state index in [2.05, 4.69) is 0 Å². The van der Waals surface area contributed by atoms with Crippen molar-refractivity contribution in [1.29, 1.82) is 0 Å². The van der Waals surface area contributed by atoms with E-state index in [0.717, 1.165) is 17.4 Å². The molecular formula is C17H21ClO2. The zero-order valence-electron chi connectivity index (χ0n) is 11.6. The van der Waals surface area contributed by atoms with Crippen molar-refractivity contribution in [3.05, 3.63) is 35.0 Å². The average Bonchev–Trinajstić information content (AvgIpc) is 2.68. The highest BCUT2D eigenvalue weighted by Crippen LogP contribution is 2.33. The molecule has 1 aliphatic rings. The normalized spacial score (nSPS) is 19.1. The summed E-state index contributed by atoms with van der Waals surface area (Å²) in [4.78, 5) is 0. The fourth-order valence-electron chi connectivity index (χ4n) is 3.23. The predicted octanol–water partition coefficient (Wildman–Crippen LogP) is 5.48. The van der Waals surface area contributed by atoms with Gasteiger partial charge in [-0.05, 0) is 36.6 Å². The molecule has 1 N–H and O–H groups in total. The number of fused-ring (bicyclic) bond motifs is 1. The number of hydrogen-bond acceptors (Lipinski definition) is 2. The van der Waals surface area contributed by atoms with Gasteiger partial charge >= 0.3 is 0 Å². The van der Waals surface area contributed by atoms with Crippen molar-refractivity contribution in [2.45, 2.75) is 51.0 Å². The van der Waals surface area contributed by atoms with Gasteiger partial charge in [-0.15, -0.1) is 0 Å². The lowest BCUT2D eigenvalue weighted by atomic mass is 9.93. The minimum Gasteiger partial charge on any atom is -0.458 e. The third kappa shape index (κ3) is 3.18. The van der Waals surface area contributed by atoms with E-state index < -0.39 is 6.10 Å². The molecule has 0 amide bonds. The molecule has 20 heavy (non-hydrogen) atoms. The van der Waals surface area contributed by atoms with Crippen LogP contribution in [0, 0.1) is 5.92 Å². The Balaban J connectivity index is 1.72. The summed E-state index contributed by atoms with van der Waals surface area (Å²) in [5, 5.41) is 12.1. The van der Waals surface area contributed by atoms with Gasteiger partial charge in [-0.2, -0.15) is 0 Å². The molecular weight excluding hydrogens is 272 g/mol. The molecule has 1 aromatic heterocycles. The van der Waals surface area contributed by atoms with Crippen LogP contribution in [0.4, 0.5) is 0 Å². The van der Waals surface area contributed by atoms with Gasteiger partial charge in [-0.3, -0.25) is 0 Å². The van der Waals surface area contributed by atoms with Crippen LogP contribution in [0.2, 0.25) is 5.02 Å². The van der Waals surface area contributed by atoms with Crippen LogP contribution < -0.4 is 0 Å². The second kappa shape index (κ2) is 6.19. The zero-order chi connectivity index (χ0) is 13.9. The molecule has 0 radical (unpaired) electrons. The minimum atomic E-state index is -0.496. The smallest absolute Gasteiger partial charge is 0.134 e. The standard InChI is InChI=1S/C17H21ClO2/c18-14-7-8-16-13(10-14)11-17(20-16)15(19)9-12-5-3-1-2-4-6-12/h7-8,10-12,15,19H,1-6,9H2. The third-order valence-corrected chi connectivity index (χ3v) is 4.59. The number of furan rings is 1. The summed E-state index contributed by atoms with van der Waals surface area (Å²) < 4.78 is 5.75. The van der Waals surface area contributed by atoms with Crippen LogP contribution in [0.15, 0.2) is 28.7 Å². The molecule has 1 atom stereocenters. The predicted molar refractivity (Wildman–Crippen MR) is 82.0 cm³/mol. The lowest BCUT2D eigenvalue weighted by Crippen LogP contribution is -2.06. The van der Waals surface area contributed by atoms with Gasteiger partial charge in [0.1, 0.15) is 17.4 Å². The maximum absolute atomic E-state index is 10.4. The van der Waals surface area contributed by atoms with Crippen molar-refractivity contribution in [2.75, 3.05) is 0 Å². The van der Waals surface area contributed by atoms with E-state index in [1.54, 1.807) is 0 Å². The highest BCUT2D eigenvalue weighted by molar-refractivity contribution is 6.31. The van der Waals surface area contributed by atoms with Gasteiger partial charge in [-0.25, -0.2) is 0 Å². The minimum absolute atomic E-state index is 0.496. The summed E-state index contributed by atoms with van der Waals surface area (Å²) in [7, 11) is 0. The van der Waals surface area contributed by atoms with Gasteiger partial charge in [0.15, 0.2) is 0 Å². The summed E-state index contributed by atoms with van der Waals surface area (Å²) in [6.07, 6.45) is 8.08. The molecule has 3 rings (SSSR count). The van der Waals surface area contributed by atoms with Gasteiger partial charge in [0.05, 0.1) is 0 Å². The Morgan fingerprint density at radius 1 is 1.15 bits per heavy atom. The molecule has 0 aliphatic heterocycles. The van der Waals surface area contributed by atoms with Gasteiger partial charge in [-0.1, -0.05) is 50.1 Å². The molecule has 0 bridgehead atoms. The molecule has 108 valence electrons. The quantitative estimate of drug-likeness (QED) is 0.760.